The van der Waals surface area contributed by atoms with Crippen LogP contribution in [-0.4, -0.2) is 37.8 Å². The average molecular weight is 528 g/mol. The van der Waals surface area contributed by atoms with E-state index in [2.05, 4.69) is 0 Å². The molecule has 0 saturated carbocycles. The fourth-order valence-corrected chi connectivity index (χ4v) is 5.06. The molecule has 0 aliphatic carbocycles. The molecule has 1 N–H and O–H groups in total. The number of methoxy groups -OCH3 is 2. The standard InChI is InChI=1S/C26H19Cl2NO7/c1-33-24-15(11-16(27)25(34-2)20(24)28)22(30)19-21(13-6-4-3-5-7-13)29(26(32)23(19)31)14-8-9-17-18(10-14)36-12-35-17/h3-11,21,30H,12H2,1-2H3/b22-19+. The SMILES string of the molecule is COc1c(Cl)cc(/C(O)=C2\C(=O)C(=O)N(c3ccc4c(c3)OCO4)C2c2ccccc2)c(OC)c1Cl. The molecule has 3 aromatic carbocycles. The van der Waals surface area contributed by atoms with Gasteiger partial charge in [-0.05, 0) is 23.8 Å². The second-order valence-electron chi connectivity index (χ2n) is 7.90. The molecule has 184 valence electrons. The maximum Gasteiger partial charge on any atom is 0.300 e. The first-order chi connectivity index (χ1) is 17.4. The summed E-state index contributed by atoms with van der Waals surface area (Å²) in [4.78, 5) is 28.1. The molecule has 0 aromatic heterocycles. The minimum absolute atomic E-state index is 0.00955. The van der Waals surface area contributed by atoms with Gasteiger partial charge in [-0.15, -0.1) is 0 Å². The Hall–Kier alpha value is -3.88. The first kappa shape index (κ1) is 23.8. The van der Waals surface area contributed by atoms with Crippen molar-refractivity contribution in [3.63, 3.8) is 0 Å². The number of hydrogen-bond acceptors (Lipinski definition) is 7. The number of aliphatic hydroxyl groups is 1. The van der Waals surface area contributed by atoms with Crippen molar-refractivity contribution in [2.45, 2.75) is 6.04 Å². The van der Waals surface area contributed by atoms with Crippen molar-refractivity contribution in [1.82, 2.24) is 0 Å². The lowest BCUT2D eigenvalue weighted by atomic mass is 9.94. The molecule has 0 radical (unpaired) electrons. The van der Waals surface area contributed by atoms with E-state index in [-0.39, 0.29) is 39.5 Å². The number of ketones is 1. The number of amides is 1. The molecule has 1 amide bonds. The third kappa shape index (κ3) is 3.70. The largest absolute Gasteiger partial charge is 0.507 e. The van der Waals surface area contributed by atoms with Crippen molar-refractivity contribution in [2.75, 3.05) is 25.9 Å². The Morgan fingerprint density at radius 3 is 2.36 bits per heavy atom. The van der Waals surface area contributed by atoms with E-state index in [1.165, 1.54) is 25.2 Å². The maximum atomic E-state index is 13.4. The maximum absolute atomic E-state index is 13.4. The van der Waals surface area contributed by atoms with Gasteiger partial charge in [-0.2, -0.15) is 0 Å². The quantitative estimate of drug-likeness (QED) is 0.271. The Morgan fingerprint density at radius 1 is 0.972 bits per heavy atom. The zero-order chi connectivity index (χ0) is 25.6. The highest BCUT2D eigenvalue weighted by atomic mass is 35.5. The minimum Gasteiger partial charge on any atom is -0.507 e. The molecular weight excluding hydrogens is 509 g/mol. The summed E-state index contributed by atoms with van der Waals surface area (Å²) in [5, 5.41) is 11.6. The third-order valence-corrected chi connectivity index (χ3v) is 6.61. The molecule has 0 bridgehead atoms. The van der Waals surface area contributed by atoms with Crippen LogP contribution in [0, 0.1) is 0 Å². The van der Waals surface area contributed by atoms with Crippen LogP contribution in [0.1, 0.15) is 17.2 Å². The average Bonchev–Trinajstić information content (AvgIpc) is 3.46. The molecular formula is C26H19Cl2NO7. The second kappa shape index (κ2) is 9.29. The lowest BCUT2D eigenvalue weighted by molar-refractivity contribution is -0.132. The number of hydrogen-bond donors (Lipinski definition) is 1. The van der Waals surface area contributed by atoms with Crippen molar-refractivity contribution in [1.29, 1.82) is 0 Å². The molecule has 2 aliphatic heterocycles. The van der Waals surface area contributed by atoms with Crippen LogP contribution in [0.3, 0.4) is 0 Å². The first-order valence-electron chi connectivity index (χ1n) is 10.7. The topological polar surface area (TPSA) is 94.5 Å². The molecule has 1 atom stereocenters. The Balaban J connectivity index is 1.75. The molecule has 2 aliphatic rings. The van der Waals surface area contributed by atoms with Crippen LogP contribution in [-0.2, 0) is 9.59 Å². The molecule has 0 spiro atoms. The Labute approximate surface area is 216 Å². The first-order valence-corrected chi connectivity index (χ1v) is 11.5. The molecule has 36 heavy (non-hydrogen) atoms. The van der Waals surface area contributed by atoms with Gasteiger partial charge in [0.05, 0.1) is 36.4 Å². The van der Waals surface area contributed by atoms with E-state index in [4.69, 9.17) is 42.1 Å². The summed E-state index contributed by atoms with van der Waals surface area (Å²) in [6.07, 6.45) is 0. The number of carbonyl (C=O) groups excluding carboxylic acids is 2. The van der Waals surface area contributed by atoms with Crippen molar-refractivity contribution < 1.29 is 33.6 Å². The molecule has 3 aromatic rings. The van der Waals surface area contributed by atoms with Gasteiger partial charge in [0.25, 0.3) is 11.7 Å². The highest BCUT2D eigenvalue weighted by molar-refractivity contribution is 6.52. The van der Waals surface area contributed by atoms with E-state index in [9.17, 15) is 14.7 Å². The number of halogens is 2. The Kier molecular flexibility index (Phi) is 6.15. The molecule has 2 heterocycles. The van der Waals surface area contributed by atoms with Gasteiger partial charge in [-0.3, -0.25) is 14.5 Å². The second-order valence-corrected chi connectivity index (χ2v) is 8.69. The summed E-state index contributed by atoms with van der Waals surface area (Å²) in [7, 11) is 2.74. The molecule has 5 rings (SSSR count). The van der Waals surface area contributed by atoms with E-state index < -0.39 is 23.5 Å². The summed E-state index contributed by atoms with van der Waals surface area (Å²) >= 11 is 12.7. The minimum atomic E-state index is -0.962. The number of aliphatic hydroxyl groups excluding tert-OH is 1. The van der Waals surface area contributed by atoms with Gasteiger partial charge in [0.2, 0.25) is 6.79 Å². The predicted molar refractivity (Wildman–Crippen MR) is 133 cm³/mol. The zero-order valence-corrected chi connectivity index (χ0v) is 20.6. The van der Waals surface area contributed by atoms with E-state index in [1.807, 2.05) is 6.07 Å². The van der Waals surface area contributed by atoms with E-state index in [0.717, 1.165) is 0 Å². The van der Waals surface area contributed by atoms with Crippen LogP contribution < -0.4 is 23.8 Å². The molecule has 1 saturated heterocycles. The summed E-state index contributed by atoms with van der Waals surface area (Å²) in [6, 6.07) is 14.2. The number of anilines is 1. The van der Waals surface area contributed by atoms with Crippen molar-refractivity contribution >= 4 is 46.3 Å². The molecule has 1 fully saturated rings. The van der Waals surface area contributed by atoms with Gasteiger partial charge in [0.1, 0.15) is 10.8 Å². The van der Waals surface area contributed by atoms with Crippen LogP contribution in [0.25, 0.3) is 5.76 Å². The van der Waals surface area contributed by atoms with Crippen LogP contribution in [0.5, 0.6) is 23.0 Å². The number of ether oxygens (including phenoxy) is 4. The molecule has 1 unspecified atom stereocenters. The zero-order valence-electron chi connectivity index (χ0n) is 19.1. The van der Waals surface area contributed by atoms with Gasteiger partial charge in [-0.25, -0.2) is 0 Å². The third-order valence-electron chi connectivity index (χ3n) is 5.99. The van der Waals surface area contributed by atoms with Crippen LogP contribution in [0.15, 0.2) is 60.2 Å². The normalized spacial score (nSPS) is 18.0. The molecule has 8 nitrogen and oxygen atoms in total. The lowest BCUT2D eigenvalue weighted by Crippen LogP contribution is -2.29. The molecule has 10 heteroatoms. The number of fused-ring (bicyclic) bond motifs is 1. The van der Waals surface area contributed by atoms with Crippen molar-refractivity contribution in [2.24, 2.45) is 0 Å². The summed E-state index contributed by atoms with van der Waals surface area (Å²) < 4.78 is 21.5. The number of carbonyl (C=O) groups is 2. The van der Waals surface area contributed by atoms with E-state index in [1.54, 1.807) is 42.5 Å². The van der Waals surface area contributed by atoms with E-state index >= 15 is 0 Å². The lowest BCUT2D eigenvalue weighted by Gasteiger charge is -2.26. The van der Waals surface area contributed by atoms with Crippen LogP contribution in [0.2, 0.25) is 10.0 Å². The van der Waals surface area contributed by atoms with Gasteiger partial charge in [-0.1, -0.05) is 53.5 Å². The number of nitrogens with zero attached hydrogens (tertiary/aromatic N) is 1. The monoisotopic (exact) mass is 527 g/mol. The predicted octanol–water partition coefficient (Wildman–Crippen LogP) is 5.37. The fraction of sp³-hybridized carbons (Fsp3) is 0.154. The number of benzene rings is 3. The Morgan fingerprint density at radius 2 is 1.67 bits per heavy atom. The summed E-state index contributed by atoms with van der Waals surface area (Å²) in [5.41, 5.74) is 0.880. The van der Waals surface area contributed by atoms with Gasteiger partial charge < -0.3 is 24.1 Å². The summed E-state index contributed by atoms with van der Waals surface area (Å²) in [5.74, 6) is -1.05. The smallest absolute Gasteiger partial charge is 0.300 e. The number of rotatable bonds is 5. The van der Waals surface area contributed by atoms with Gasteiger partial charge >= 0.3 is 0 Å². The van der Waals surface area contributed by atoms with Crippen LogP contribution >= 0.6 is 23.2 Å². The van der Waals surface area contributed by atoms with Gasteiger partial charge in [0.15, 0.2) is 23.0 Å². The van der Waals surface area contributed by atoms with Crippen molar-refractivity contribution in [3.05, 3.63) is 81.3 Å². The number of Topliss-reactive ketones (excluding diaryl/α,β-unsaturated/α-hetero) is 1. The fourth-order valence-electron chi connectivity index (χ4n) is 4.38. The highest BCUT2D eigenvalue weighted by Crippen LogP contribution is 2.48. The highest BCUT2D eigenvalue weighted by Gasteiger charge is 2.47. The summed E-state index contributed by atoms with van der Waals surface area (Å²) in [6.45, 7) is 0.0541. The van der Waals surface area contributed by atoms with Crippen LogP contribution in [0.4, 0.5) is 5.69 Å². The van der Waals surface area contributed by atoms with Crippen molar-refractivity contribution in [3.8, 4) is 23.0 Å². The Bertz CT molecular complexity index is 1420. The van der Waals surface area contributed by atoms with Gasteiger partial charge in [0, 0.05) is 11.8 Å². The van der Waals surface area contributed by atoms with E-state index in [0.29, 0.717) is 22.7 Å².